The molecule has 3 aromatic heterocycles. The van der Waals surface area contributed by atoms with Crippen LogP contribution in [0, 0.1) is 33.8 Å². The number of phenolic OH excluding ortho intramolecular Hbond substituents is 1. The molecule has 3 heterocycles. The molecule has 1 N–H and O–H groups in total. The molecule has 0 unspecified atom stereocenters. The van der Waals surface area contributed by atoms with Gasteiger partial charge in [-0.05, 0) is 72.7 Å². The SMILES string of the molecule is Cc1cc2c(C)cc(Oc3[c-]c4c(c(C)c3)c3c(C)cccc3n4-c3ccc(-c4ccccc4)cn3)nc2c(O)c1-c1ccccc1.[Pt]. The average molecular weight is 806 g/mol. The minimum absolute atomic E-state index is 0. The van der Waals surface area contributed by atoms with Gasteiger partial charge < -0.3 is 14.4 Å². The maximum atomic E-state index is 11.5. The van der Waals surface area contributed by atoms with E-state index in [2.05, 4.69) is 73.0 Å². The first-order chi connectivity index (χ1) is 22.9. The average Bonchev–Trinajstić information content (AvgIpc) is 3.42. The van der Waals surface area contributed by atoms with E-state index in [0.717, 1.165) is 66.6 Å². The zero-order valence-electron chi connectivity index (χ0n) is 27.0. The zero-order valence-corrected chi connectivity index (χ0v) is 29.3. The predicted molar refractivity (Wildman–Crippen MR) is 191 cm³/mol. The van der Waals surface area contributed by atoms with Crippen LogP contribution in [0.15, 0.2) is 115 Å². The second-order valence-corrected chi connectivity index (χ2v) is 12.2. The second-order valence-electron chi connectivity index (χ2n) is 12.2. The van der Waals surface area contributed by atoms with Crippen LogP contribution in [0.5, 0.6) is 17.4 Å². The summed E-state index contributed by atoms with van der Waals surface area (Å²) in [6.07, 6.45) is 1.92. The second kappa shape index (κ2) is 12.4. The van der Waals surface area contributed by atoms with E-state index in [1.807, 2.05) is 80.7 Å². The van der Waals surface area contributed by atoms with Gasteiger partial charge in [0.1, 0.15) is 17.1 Å². The van der Waals surface area contributed by atoms with Gasteiger partial charge in [0.25, 0.3) is 0 Å². The van der Waals surface area contributed by atoms with Crippen LogP contribution in [0.2, 0.25) is 0 Å². The maximum Gasteiger partial charge on any atom is 0.217 e. The fourth-order valence-electron chi connectivity index (χ4n) is 6.79. The van der Waals surface area contributed by atoms with E-state index >= 15 is 0 Å². The number of aromatic nitrogens is 3. The molecule has 6 heteroatoms. The molecule has 0 atom stereocenters. The summed E-state index contributed by atoms with van der Waals surface area (Å²) in [4.78, 5) is 9.76. The molecule has 0 amide bonds. The minimum Gasteiger partial charge on any atom is -0.505 e. The molecular formula is C42H32N3O2Pt-. The van der Waals surface area contributed by atoms with Crippen LogP contribution in [0.1, 0.15) is 22.3 Å². The third-order valence-electron chi connectivity index (χ3n) is 9.00. The van der Waals surface area contributed by atoms with Crippen molar-refractivity contribution in [1.82, 2.24) is 14.5 Å². The van der Waals surface area contributed by atoms with Crippen molar-refractivity contribution in [2.45, 2.75) is 27.7 Å². The molecule has 238 valence electrons. The molecule has 8 aromatic rings. The monoisotopic (exact) mass is 805 g/mol. The standard InChI is InChI=1S/C42H32N3O2.Pt/c1-25-12-11-17-34-39(25)40-27(3)20-32(23-35(40)45(34)36-19-18-31(24-43-36)29-13-7-5-8-14-29)47-37-22-26(2)33-21-28(4)38(42(46)41(33)44-37)30-15-9-6-10-16-30;/h5-22,24,46H,1-4H3;/q-1;. The van der Waals surface area contributed by atoms with Crippen molar-refractivity contribution in [3.8, 4) is 45.5 Å². The van der Waals surface area contributed by atoms with E-state index < -0.39 is 0 Å². The molecule has 8 rings (SSSR count). The molecule has 0 aliphatic carbocycles. The van der Waals surface area contributed by atoms with Gasteiger partial charge in [0.15, 0.2) is 0 Å². The molecular weight excluding hydrogens is 774 g/mol. The Balaban J connectivity index is 0.00000364. The first kappa shape index (κ1) is 31.4. The largest absolute Gasteiger partial charge is 0.505 e. The van der Waals surface area contributed by atoms with E-state index in [-0.39, 0.29) is 26.8 Å². The Morgan fingerprint density at radius 2 is 1.40 bits per heavy atom. The zero-order chi connectivity index (χ0) is 32.2. The third kappa shape index (κ3) is 5.25. The van der Waals surface area contributed by atoms with Crippen molar-refractivity contribution < 1.29 is 30.9 Å². The summed E-state index contributed by atoms with van der Waals surface area (Å²) in [6.45, 7) is 8.28. The van der Waals surface area contributed by atoms with Crippen LogP contribution in [0.3, 0.4) is 0 Å². The van der Waals surface area contributed by atoms with Crippen molar-refractivity contribution in [3.63, 3.8) is 0 Å². The summed E-state index contributed by atoms with van der Waals surface area (Å²) < 4.78 is 8.63. The number of ether oxygens (including phenoxy) is 1. The van der Waals surface area contributed by atoms with Crippen molar-refractivity contribution >= 4 is 32.7 Å². The summed E-state index contributed by atoms with van der Waals surface area (Å²) in [5, 5.41) is 14.7. The van der Waals surface area contributed by atoms with Gasteiger partial charge in [-0.15, -0.1) is 17.7 Å². The quantitative estimate of drug-likeness (QED) is 0.176. The number of hydrogen-bond donors (Lipinski definition) is 1. The van der Waals surface area contributed by atoms with Gasteiger partial charge in [-0.25, -0.2) is 9.97 Å². The molecule has 5 nitrogen and oxygen atoms in total. The smallest absolute Gasteiger partial charge is 0.217 e. The summed E-state index contributed by atoms with van der Waals surface area (Å²) >= 11 is 0. The summed E-state index contributed by atoms with van der Waals surface area (Å²) in [6, 6.07) is 40.3. The van der Waals surface area contributed by atoms with E-state index in [0.29, 0.717) is 17.1 Å². The molecule has 0 aliphatic rings. The number of hydrogen-bond acceptors (Lipinski definition) is 4. The first-order valence-electron chi connectivity index (χ1n) is 15.7. The fraction of sp³-hybridized carbons (Fsp3) is 0.0952. The molecule has 0 fully saturated rings. The first-order valence-corrected chi connectivity index (χ1v) is 15.7. The van der Waals surface area contributed by atoms with Crippen LogP contribution in [0.4, 0.5) is 0 Å². The number of fused-ring (bicyclic) bond motifs is 4. The van der Waals surface area contributed by atoms with Crippen molar-refractivity contribution in [2.75, 3.05) is 0 Å². The molecule has 0 saturated heterocycles. The molecule has 0 saturated carbocycles. The molecule has 0 bridgehead atoms. The van der Waals surface area contributed by atoms with Crippen molar-refractivity contribution in [2.24, 2.45) is 0 Å². The number of pyridine rings is 2. The Bertz CT molecular complexity index is 2470. The summed E-state index contributed by atoms with van der Waals surface area (Å²) in [5.41, 5.74) is 10.6. The topological polar surface area (TPSA) is 60.2 Å². The summed E-state index contributed by atoms with van der Waals surface area (Å²) in [7, 11) is 0. The Morgan fingerprint density at radius 1 is 0.667 bits per heavy atom. The minimum atomic E-state index is 0. The van der Waals surface area contributed by atoms with Crippen molar-refractivity contribution in [1.29, 1.82) is 0 Å². The Labute approximate surface area is 293 Å². The van der Waals surface area contributed by atoms with Gasteiger partial charge in [-0.3, -0.25) is 0 Å². The third-order valence-corrected chi connectivity index (χ3v) is 9.00. The number of aromatic hydroxyl groups is 1. The molecule has 48 heavy (non-hydrogen) atoms. The van der Waals surface area contributed by atoms with Gasteiger partial charge in [0.2, 0.25) is 5.88 Å². The van der Waals surface area contributed by atoms with Gasteiger partial charge in [0.05, 0.1) is 0 Å². The molecule has 0 aliphatic heterocycles. The number of rotatable bonds is 5. The Morgan fingerprint density at radius 3 is 2.10 bits per heavy atom. The number of aryl methyl sites for hydroxylation is 4. The Kier molecular flexibility index (Phi) is 8.10. The number of phenols is 1. The molecule has 0 radical (unpaired) electrons. The van der Waals surface area contributed by atoms with Gasteiger partial charge in [-0.1, -0.05) is 96.2 Å². The molecule has 5 aromatic carbocycles. The maximum absolute atomic E-state index is 11.5. The number of nitrogens with zero attached hydrogens (tertiary/aromatic N) is 3. The van der Waals surface area contributed by atoms with Crippen LogP contribution < -0.4 is 4.74 Å². The fourth-order valence-corrected chi connectivity index (χ4v) is 6.79. The van der Waals surface area contributed by atoms with Gasteiger partial charge >= 0.3 is 0 Å². The van der Waals surface area contributed by atoms with Crippen LogP contribution in [-0.2, 0) is 21.1 Å². The predicted octanol–water partition coefficient (Wildman–Crippen LogP) is 10.6. The molecule has 0 spiro atoms. The van der Waals surface area contributed by atoms with Gasteiger partial charge in [-0.2, -0.15) is 0 Å². The van der Waals surface area contributed by atoms with E-state index in [4.69, 9.17) is 14.7 Å². The van der Waals surface area contributed by atoms with E-state index in [9.17, 15) is 5.11 Å². The van der Waals surface area contributed by atoms with Crippen molar-refractivity contribution in [3.05, 3.63) is 144 Å². The number of benzene rings is 5. The van der Waals surface area contributed by atoms with E-state index in [1.54, 1.807) is 0 Å². The summed E-state index contributed by atoms with van der Waals surface area (Å²) in [5.74, 6) is 1.89. The normalized spacial score (nSPS) is 11.2. The Hall–Kier alpha value is -5.25. The van der Waals surface area contributed by atoms with Gasteiger partial charge in [0, 0.05) is 61.1 Å². The van der Waals surface area contributed by atoms with Crippen LogP contribution >= 0.6 is 0 Å². The van der Waals surface area contributed by atoms with Crippen LogP contribution in [-0.4, -0.2) is 19.6 Å². The van der Waals surface area contributed by atoms with E-state index in [1.165, 1.54) is 10.9 Å². The van der Waals surface area contributed by atoms with Crippen LogP contribution in [0.25, 0.3) is 60.8 Å².